The van der Waals surface area contributed by atoms with Crippen LogP contribution in [0.3, 0.4) is 0 Å². The number of hydrogen-bond donors (Lipinski definition) is 8. The fourth-order valence-corrected chi connectivity index (χ4v) is 6.38. The molecule has 1 aliphatic rings. The number of esters is 1. The Bertz CT molecular complexity index is 1220. The Balaban J connectivity index is 3.53. The van der Waals surface area contributed by atoms with E-state index < -0.39 is 90.8 Å². The quantitative estimate of drug-likeness (QED) is 0.0435. The number of guanidine groups is 1. The van der Waals surface area contributed by atoms with Gasteiger partial charge in [0.2, 0.25) is 29.5 Å². The van der Waals surface area contributed by atoms with Crippen LogP contribution in [0, 0.1) is 23.2 Å². The van der Waals surface area contributed by atoms with Crippen molar-refractivity contribution in [3.05, 3.63) is 0 Å². The summed E-state index contributed by atoms with van der Waals surface area (Å²) in [5.41, 5.74) is 5.36. The van der Waals surface area contributed by atoms with Gasteiger partial charge in [-0.3, -0.25) is 34.2 Å². The second kappa shape index (κ2) is 26.0. The second-order valence-electron chi connectivity index (χ2n) is 15.1. The van der Waals surface area contributed by atoms with Gasteiger partial charge in [-0.2, -0.15) is 0 Å². The molecule has 9 N–H and O–H groups in total. The molecule has 7 atom stereocenters. The molecular weight excluding hydrogens is 696 g/mol. The van der Waals surface area contributed by atoms with Crippen LogP contribution in [-0.2, 0) is 33.5 Å². The summed E-state index contributed by atoms with van der Waals surface area (Å²) < 4.78 is 5.87. The van der Waals surface area contributed by atoms with Crippen LogP contribution in [0.2, 0.25) is 0 Å². The number of nitrogens with one attached hydrogen (secondary N) is 6. The summed E-state index contributed by atoms with van der Waals surface area (Å²) in [5.74, 6) is -5.53. The molecule has 16 heteroatoms. The third-order valence-corrected chi connectivity index (χ3v) is 10.0. The Morgan fingerprint density at radius 3 is 2.06 bits per heavy atom. The van der Waals surface area contributed by atoms with Crippen molar-refractivity contribution < 1.29 is 38.6 Å². The highest BCUT2D eigenvalue weighted by Crippen LogP contribution is 2.22. The van der Waals surface area contributed by atoms with Gasteiger partial charge in [0.15, 0.2) is 5.96 Å². The molecule has 5 amide bonds. The zero-order valence-corrected chi connectivity index (χ0v) is 33.8. The number of amides is 5. The first-order chi connectivity index (χ1) is 25.6. The summed E-state index contributed by atoms with van der Waals surface area (Å²) in [4.78, 5) is 83.1. The number of ether oxygens (including phenoxy) is 1. The molecule has 1 aliphatic heterocycles. The molecule has 16 nitrogen and oxygen atoms in total. The molecule has 0 aromatic rings. The Morgan fingerprint density at radius 2 is 1.48 bits per heavy atom. The van der Waals surface area contributed by atoms with Gasteiger partial charge >= 0.3 is 5.97 Å². The number of carbonyl (C=O) groups excluding carboxylic acids is 6. The van der Waals surface area contributed by atoms with Gasteiger partial charge in [0.05, 0.1) is 12.5 Å². The number of nitrogens with zero attached hydrogens (tertiary/aromatic N) is 1. The van der Waals surface area contributed by atoms with Crippen molar-refractivity contribution in [3.8, 4) is 0 Å². The molecule has 0 aromatic heterocycles. The summed E-state index contributed by atoms with van der Waals surface area (Å²) in [6.07, 6.45) is 9.08. The van der Waals surface area contributed by atoms with E-state index in [-0.39, 0.29) is 37.7 Å². The average molecular weight is 767 g/mol. The molecule has 1 unspecified atom stereocenters. The van der Waals surface area contributed by atoms with Crippen molar-refractivity contribution >= 4 is 41.5 Å². The van der Waals surface area contributed by atoms with Crippen molar-refractivity contribution in [3.63, 3.8) is 0 Å². The normalized spacial score (nSPS) is 24.6. The third-order valence-electron chi connectivity index (χ3n) is 10.0. The van der Waals surface area contributed by atoms with Crippen LogP contribution in [0.1, 0.15) is 125 Å². The van der Waals surface area contributed by atoms with Gasteiger partial charge in [0.25, 0.3) is 0 Å². The molecule has 0 spiro atoms. The van der Waals surface area contributed by atoms with Crippen LogP contribution in [0.25, 0.3) is 0 Å². The number of likely N-dealkylation sites (N-methyl/N-ethyl adjacent to an activating group) is 1. The molecule has 0 saturated carbocycles. The fraction of sp³-hybridized carbons (Fsp3) is 0.816. The number of hydrogen-bond acceptors (Lipinski definition) is 9. The molecule has 0 aliphatic carbocycles. The largest absolute Gasteiger partial charge is 0.460 e. The summed E-state index contributed by atoms with van der Waals surface area (Å²) in [5, 5.41) is 30.5. The Labute approximate surface area is 322 Å². The van der Waals surface area contributed by atoms with Crippen LogP contribution >= 0.6 is 0 Å². The highest BCUT2D eigenvalue weighted by Gasteiger charge is 2.38. The standard InChI is InChI=1S/C38H70N8O8/c1-8-10-11-12-13-14-15-16-19-30-26(6)37(53)46(7)29(21-24(3)4)35(51)45-32(25(5)9-2)36(52)44-28(23-47)34(50)43-27(18-17-20-41-38(39)40)33(49)42-22-31(48)54-30/h24-30,32,47H,8-23H2,1-7H3,(H,42,49)(H,43,50)(H,44,52)(H,45,51)(H4,39,40,41)/t25?,26-,27+,28+,29+,30-,32+/m1/s1. The summed E-state index contributed by atoms with van der Waals surface area (Å²) in [7, 11) is 1.53. The number of aliphatic hydroxyl groups excluding tert-OH is 1. The summed E-state index contributed by atoms with van der Waals surface area (Å²) in [6, 6.07) is -4.76. The number of cyclic esters (lactones) is 1. The van der Waals surface area contributed by atoms with E-state index in [2.05, 4.69) is 33.5 Å². The van der Waals surface area contributed by atoms with Gasteiger partial charge in [-0.05, 0) is 43.9 Å². The minimum absolute atomic E-state index is 0.00740. The molecule has 0 radical (unpaired) electrons. The highest BCUT2D eigenvalue weighted by atomic mass is 16.5. The maximum atomic E-state index is 14.1. The smallest absolute Gasteiger partial charge is 0.325 e. The van der Waals surface area contributed by atoms with Crippen molar-refractivity contribution in [2.24, 2.45) is 23.5 Å². The van der Waals surface area contributed by atoms with E-state index in [1.54, 1.807) is 13.8 Å². The number of aliphatic hydroxyl groups is 1. The monoisotopic (exact) mass is 767 g/mol. The van der Waals surface area contributed by atoms with Gasteiger partial charge in [-0.15, -0.1) is 0 Å². The molecule has 310 valence electrons. The maximum Gasteiger partial charge on any atom is 0.325 e. The SMILES string of the molecule is CCCCCCCCCC[C@H]1OC(=O)CNC(=O)[C@H](CCCNC(=N)N)NC(=O)[C@H](CO)NC(=O)[C@H](C(C)CC)NC(=O)[C@H](CC(C)C)N(C)C(=O)[C@@H]1C. The van der Waals surface area contributed by atoms with E-state index in [9.17, 15) is 33.9 Å². The van der Waals surface area contributed by atoms with Gasteiger partial charge in [-0.1, -0.05) is 92.9 Å². The Hall–Kier alpha value is -3.95. The van der Waals surface area contributed by atoms with Crippen molar-refractivity contribution in [2.75, 3.05) is 26.7 Å². The van der Waals surface area contributed by atoms with E-state index in [0.29, 0.717) is 19.3 Å². The second-order valence-corrected chi connectivity index (χ2v) is 15.1. The van der Waals surface area contributed by atoms with Gasteiger partial charge in [0.1, 0.15) is 36.8 Å². The lowest BCUT2D eigenvalue weighted by Crippen LogP contribution is -2.60. The zero-order valence-electron chi connectivity index (χ0n) is 33.8. The Morgan fingerprint density at radius 1 is 0.870 bits per heavy atom. The third kappa shape index (κ3) is 17.5. The van der Waals surface area contributed by atoms with Gasteiger partial charge in [0, 0.05) is 13.6 Å². The number of unbranched alkanes of at least 4 members (excludes halogenated alkanes) is 7. The first kappa shape index (κ1) is 48.1. The predicted octanol–water partition coefficient (Wildman–Crippen LogP) is 1.82. The first-order valence-electron chi connectivity index (χ1n) is 19.9. The van der Waals surface area contributed by atoms with Gasteiger partial charge < -0.3 is 47.1 Å². The van der Waals surface area contributed by atoms with Crippen LogP contribution < -0.4 is 32.3 Å². The van der Waals surface area contributed by atoms with E-state index in [1.165, 1.54) is 31.2 Å². The molecule has 1 fully saturated rings. The van der Waals surface area contributed by atoms with E-state index in [0.717, 1.165) is 25.7 Å². The molecule has 54 heavy (non-hydrogen) atoms. The van der Waals surface area contributed by atoms with Gasteiger partial charge in [-0.25, -0.2) is 0 Å². The summed E-state index contributed by atoms with van der Waals surface area (Å²) >= 11 is 0. The lowest BCUT2D eigenvalue weighted by Gasteiger charge is -2.34. The lowest BCUT2D eigenvalue weighted by atomic mass is 9.94. The zero-order chi connectivity index (χ0) is 40.8. The Kier molecular flexibility index (Phi) is 23.1. The van der Waals surface area contributed by atoms with Crippen LogP contribution in [-0.4, -0.2) is 108 Å². The molecule has 1 saturated heterocycles. The first-order valence-corrected chi connectivity index (χ1v) is 19.9. The fourth-order valence-electron chi connectivity index (χ4n) is 6.38. The van der Waals surface area contributed by atoms with Crippen LogP contribution in [0.5, 0.6) is 0 Å². The van der Waals surface area contributed by atoms with Crippen LogP contribution in [0.4, 0.5) is 0 Å². The minimum atomic E-state index is -1.48. The lowest BCUT2D eigenvalue weighted by molar-refractivity contribution is -0.157. The summed E-state index contributed by atoms with van der Waals surface area (Å²) in [6.45, 7) is 10.1. The van der Waals surface area contributed by atoms with E-state index in [4.69, 9.17) is 15.9 Å². The van der Waals surface area contributed by atoms with E-state index >= 15 is 0 Å². The highest BCUT2D eigenvalue weighted by molar-refractivity contribution is 5.96. The topological polar surface area (TPSA) is 245 Å². The number of carbonyl (C=O) groups is 6. The molecular formula is C38H70N8O8. The van der Waals surface area contributed by atoms with Crippen molar-refractivity contribution in [1.29, 1.82) is 5.41 Å². The molecule has 1 rings (SSSR count). The number of rotatable bonds is 18. The maximum absolute atomic E-state index is 14.1. The van der Waals surface area contributed by atoms with Crippen LogP contribution in [0.15, 0.2) is 0 Å². The average Bonchev–Trinajstić information content (AvgIpc) is 3.13. The molecule has 1 heterocycles. The molecule has 0 bridgehead atoms. The van der Waals surface area contributed by atoms with Crippen molar-refractivity contribution in [2.45, 2.75) is 155 Å². The minimum Gasteiger partial charge on any atom is -0.460 e. The predicted molar refractivity (Wildman–Crippen MR) is 207 cm³/mol. The van der Waals surface area contributed by atoms with Crippen molar-refractivity contribution in [1.82, 2.24) is 31.5 Å². The van der Waals surface area contributed by atoms with E-state index in [1.807, 2.05) is 20.8 Å². The number of nitrogens with two attached hydrogens (primary N) is 1. The molecule has 0 aromatic carbocycles.